The summed E-state index contributed by atoms with van der Waals surface area (Å²) >= 11 is 0. The summed E-state index contributed by atoms with van der Waals surface area (Å²) in [5, 5.41) is 0.894. The molecule has 0 aliphatic carbocycles. The number of rotatable bonds is 7. The van der Waals surface area contributed by atoms with Gasteiger partial charge in [-0.1, -0.05) is 25.5 Å². The van der Waals surface area contributed by atoms with Gasteiger partial charge in [-0.3, -0.25) is 4.79 Å². The third-order valence-corrected chi connectivity index (χ3v) is 8.24. The average Bonchev–Trinajstić information content (AvgIpc) is 2.79. The highest BCUT2D eigenvalue weighted by molar-refractivity contribution is 7.89. The molecule has 2 aromatic carbocycles. The van der Waals surface area contributed by atoms with Crippen molar-refractivity contribution < 1.29 is 13.2 Å². The van der Waals surface area contributed by atoms with Crippen molar-refractivity contribution in [3.63, 3.8) is 0 Å². The normalized spacial score (nSPS) is 13.9. The summed E-state index contributed by atoms with van der Waals surface area (Å²) in [5.41, 5.74) is 3.95. The van der Waals surface area contributed by atoms with Crippen molar-refractivity contribution in [2.75, 3.05) is 31.6 Å². The van der Waals surface area contributed by atoms with Crippen LogP contribution in [0.15, 0.2) is 46.1 Å². The molecule has 0 amide bonds. The summed E-state index contributed by atoms with van der Waals surface area (Å²) in [6.45, 7) is 7.60. The third-order valence-electron chi connectivity index (χ3n) is 6.40. The highest BCUT2D eigenvalue weighted by atomic mass is 32.2. The standard InChI is InChI=1S/C25H31N3O4S/c1-5-6-11-28(16-20-14-19-8-7-17(2)18(3)24(19)26-25(20)29)33(30,31)21-9-10-22-23(15-21)32-13-12-27(22)4/h7-10,14-15H,5-6,11-13,16H2,1-4H3,(H,26,29). The van der Waals surface area contributed by atoms with E-state index in [9.17, 15) is 13.2 Å². The second kappa shape index (κ2) is 9.19. The lowest BCUT2D eigenvalue weighted by Gasteiger charge is -2.28. The van der Waals surface area contributed by atoms with Gasteiger partial charge in [-0.25, -0.2) is 8.42 Å². The topological polar surface area (TPSA) is 82.7 Å². The molecule has 176 valence electrons. The van der Waals surface area contributed by atoms with Gasteiger partial charge in [0.2, 0.25) is 10.0 Å². The van der Waals surface area contributed by atoms with E-state index in [1.54, 1.807) is 24.3 Å². The fourth-order valence-electron chi connectivity index (χ4n) is 4.14. The Kier molecular flexibility index (Phi) is 6.50. The van der Waals surface area contributed by atoms with Gasteiger partial charge in [-0.05, 0) is 55.0 Å². The number of benzene rings is 2. The molecule has 1 aromatic heterocycles. The van der Waals surface area contributed by atoms with E-state index in [-0.39, 0.29) is 17.0 Å². The van der Waals surface area contributed by atoms with Crippen LogP contribution in [0.2, 0.25) is 0 Å². The summed E-state index contributed by atoms with van der Waals surface area (Å²) < 4.78 is 34.4. The van der Waals surface area contributed by atoms with E-state index in [0.29, 0.717) is 30.9 Å². The summed E-state index contributed by atoms with van der Waals surface area (Å²) in [5.74, 6) is 0.565. The molecule has 0 saturated carbocycles. The van der Waals surface area contributed by atoms with E-state index in [2.05, 4.69) is 4.98 Å². The third kappa shape index (κ3) is 4.50. The largest absolute Gasteiger partial charge is 0.490 e. The van der Waals surface area contributed by atoms with Crippen molar-refractivity contribution in [2.45, 2.75) is 45.1 Å². The molecule has 0 spiro atoms. The lowest BCUT2D eigenvalue weighted by atomic mass is 10.0. The number of likely N-dealkylation sites (N-methyl/N-ethyl adjacent to an activating group) is 1. The number of sulfonamides is 1. The van der Waals surface area contributed by atoms with Crippen LogP contribution in [-0.2, 0) is 16.6 Å². The molecule has 3 aromatic rings. The first kappa shape index (κ1) is 23.3. The molecule has 7 nitrogen and oxygen atoms in total. The van der Waals surface area contributed by atoms with Crippen molar-refractivity contribution in [1.29, 1.82) is 0 Å². The molecule has 0 radical (unpaired) electrons. The van der Waals surface area contributed by atoms with Crippen LogP contribution in [0.1, 0.15) is 36.5 Å². The van der Waals surface area contributed by atoms with Crippen LogP contribution in [0, 0.1) is 13.8 Å². The minimum atomic E-state index is -3.83. The summed E-state index contributed by atoms with van der Waals surface area (Å²) in [7, 11) is -1.87. The van der Waals surface area contributed by atoms with Crippen LogP contribution in [-0.4, -0.2) is 44.5 Å². The van der Waals surface area contributed by atoms with E-state index < -0.39 is 10.0 Å². The Labute approximate surface area is 195 Å². The van der Waals surface area contributed by atoms with Gasteiger partial charge in [0.15, 0.2) is 0 Å². The summed E-state index contributed by atoms with van der Waals surface area (Å²) in [4.78, 5) is 18.1. The predicted octanol–water partition coefficient (Wildman–Crippen LogP) is 3.96. The number of nitrogens with zero attached hydrogens (tertiary/aromatic N) is 2. The quantitative estimate of drug-likeness (QED) is 0.566. The maximum absolute atomic E-state index is 13.6. The summed E-state index contributed by atoms with van der Waals surface area (Å²) in [6, 6.07) is 10.8. The number of H-pyrrole nitrogens is 1. The molecule has 2 heterocycles. The van der Waals surface area contributed by atoms with Gasteiger partial charge in [0, 0.05) is 31.8 Å². The second-order valence-electron chi connectivity index (χ2n) is 8.69. The number of pyridine rings is 1. The van der Waals surface area contributed by atoms with E-state index >= 15 is 0 Å². The number of aromatic amines is 1. The molecule has 0 fully saturated rings. The number of ether oxygens (including phenoxy) is 1. The van der Waals surface area contributed by atoms with Crippen molar-refractivity contribution in [1.82, 2.24) is 9.29 Å². The van der Waals surface area contributed by atoms with E-state index in [0.717, 1.165) is 40.7 Å². The first-order valence-electron chi connectivity index (χ1n) is 11.3. The fourth-order valence-corrected chi connectivity index (χ4v) is 5.62. The Hall–Kier alpha value is -2.84. The molecule has 8 heteroatoms. The minimum Gasteiger partial charge on any atom is -0.490 e. The fraction of sp³-hybridized carbons (Fsp3) is 0.400. The number of hydrogen-bond donors (Lipinski definition) is 1. The number of nitrogens with one attached hydrogen (secondary N) is 1. The molecule has 0 bridgehead atoms. The summed E-state index contributed by atoms with van der Waals surface area (Å²) in [6.07, 6.45) is 1.55. The number of anilines is 1. The van der Waals surface area contributed by atoms with Gasteiger partial charge in [0.25, 0.3) is 5.56 Å². The number of hydrogen-bond acceptors (Lipinski definition) is 5. The number of fused-ring (bicyclic) bond motifs is 2. The SMILES string of the molecule is CCCCN(Cc1cc2ccc(C)c(C)c2[nH]c1=O)S(=O)(=O)c1ccc2c(c1)OCCN2C. The highest BCUT2D eigenvalue weighted by Crippen LogP contribution is 2.34. The Morgan fingerprint density at radius 3 is 2.70 bits per heavy atom. The monoisotopic (exact) mass is 469 g/mol. The van der Waals surface area contributed by atoms with Crippen LogP contribution in [0.3, 0.4) is 0 Å². The molecule has 33 heavy (non-hydrogen) atoms. The van der Waals surface area contributed by atoms with Crippen molar-refractivity contribution in [3.05, 3.63) is 63.4 Å². The average molecular weight is 470 g/mol. The van der Waals surface area contributed by atoms with E-state index in [1.165, 1.54) is 4.31 Å². The van der Waals surface area contributed by atoms with Gasteiger partial charge >= 0.3 is 0 Å². The molecule has 1 aliphatic heterocycles. The molecule has 4 rings (SSSR count). The molecule has 0 atom stereocenters. The van der Waals surface area contributed by atoms with Gasteiger partial charge in [-0.2, -0.15) is 4.31 Å². The lowest BCUT2D eigenvalue weighted by Crippen LogP contribution is -2.34. The van der Waals surface area contributed by atoms with Crippen molar-refractivity contribution >= 4 is 26.6 Å². The Balaban J connectivity index is 1.72. The van der Waals surface area contributed by atoms with E-state index in [4.69, 9.17) is 4.74 Å². The van der Waals surface area contributed by atoms with Crippen LogP contribution < -0.4 is 15.2 Å². The first-order chi connectivity index (χ1) is 15.7. The smallest absolute Gasteiger partial charge is 0.252 e. The molecule has 0 unspecified atom stereocenters. The molecular formula is C25H31N3O4S. The predicted molar refractivity (Wildman–Crippen MR) is 132 cm³/mol. The zero-order valence-corrected chi connectivity index (χ0v) is 20.5. The highest BCUT2D eigenvalue weighted by Gasteiger charge is 2.27. The van der Waals surface area contributed by atoms with Crippen molar-refractivity contribution in [3.8, 4) is 5.75 Å². The van der Waals surface area contributed by atoms with Gasteiger partial charge in [0.1, 0.15) is 12.4 Å². The molecular weight excluding hydrogens is 438 g/mol. The minimum absolute atomic E-state index is 0.0123. The number of aryl methyl sites for hydroxylation is 2. The number of aromatic nitrogens is 1. The Bertz CT molecular complexity index is 1350. The van der Waals surface area contributed by atoms with Crippen LogP contribution in [0.5, 0.6) is 5.75 Å². The van der Waals surface area contributed by atoms with Gasteiger partial charge in [0.05, 0.1) is 22.6 Å². The molecule has 1 N–H and O–H groups in total. The van der Waals surface area contributed by atoms with Crippen molar-refractivity contribution in [2.24, 2.45) is 0 Å². The van der Waals surface area contributed by atoms with Crippen LogP contribution in [0.25, 0.3) is 10.9 Å². The maximum atomic E-state index is 13.6. The Morgan fingerprint density at radius 1 is 1.15 bits per heavy atom. The molecule has 1 aliphatic rings. The van der Waals surface area contributed by atoms with E-state index in [1.807, 2.05) is 44.9 Å². The molecule has 0 saturated heterocycles. The van der Waals surface area contributed by atoms with Crippen LogP contribution in [0.4, 0.5) is 5.69 Å². The Morgan fingerprint density at radius 2 is 1.94 bits per heavy atom. The first-order valence-corrected chi connectivity index (χ1v) is 12.8. The van der Waals surface area contributed by atoms with Gasteiger partial charge < -0.3 is 14.6 Å². The van der Waals surface area contributed by atoms with Gasteiger partial charge in [-0.15, -0.1) is 0 Å². The number of unbranched alkanes of at least 4 members (excludes halogenated alkanes) is 1. The lowest BCUT2D eigenvalue weighted by molar-refractivity contribution is 0.310. The maximum Gasteiger partial charge on any atom is 0.252 e. The zero-order chi connectivity index (χ0) is 23.8. The second-order valence-corrected chi connectivity index (χ2v) is 10.6. The zero-order valence-electron chi connectivity index (χ0n) is 19.6. The van der Waals surface area contributed by atoms with Crippen LogP contribution >= 0.6 is 0 Å².